The molecule has 0 bridgehead atoms. The smallest absolute Gasteiger partial charge is 0.247 e. The Hall–Kier alpha value is -5.76. The highest BCUT2D eigenvalue weighted by Gasteiger charge is 2.43. The second-order valence-corrected chi connectivity index (χ2v) is 24.2. The van der Waals surface area contributed by atoms with Gasteiger partial charge in [-0.25, -0.2) is 0 Å². The number of rotatable bonds is 12. The molecule has 444 valence electrons. The molecule has 9 atom stereocenters. The summed E-state index contributed by atoms with van der Waals surface area (Å²) in [7, 11) is 8.56. The van der Waals surface area contributed by atoms with Crippen LogP contribution < -0.4 is 5.32 Å². The van der Waals surface area contributed by atoms with E-state index in [1.807, 2.05) is 41.5 Å². The molecule has 2 fully saturated rings. The van der Waals surface area contributed by atoms with Crippen molar-refractivity contribution in [2.45, 2.75) is 175 Å². The molecule has 0 saturated carbocycles. The highest BCUT2D eigenvalue weighted by molar-refractivity contribution is 5.99. The lowest BCUT2D eigenvalue weighted by molar-refractivity contribution is -0.153. The van der Waals surface area contributed by atoms with E-state index in [4.69, 9.17) is 4.74 Å². The Labute approximate surface area is 470 Å². The van der Waals surface area contributed by atoms with Crippen molar-refractivity contribution in [3.63, 3.8) is 0 Å². The van der Waals surface area contributed by atoms with Gasteiger partial charge in [0.25, 0.3) is 0 Å². The number of aliphatic hydroxyl groups excluding tert-OH is 1. The predicted molar refractivity (Wildman–Crippen MR) is 301 cm³/mol. The maximum atomic E-state index is 15.1. The molecule has 20 heteroatoms. The number of ketones is 2. The first-order valence-corrected chi connectivity index (χ1v) is 28.4. The molecule has 20 nitrogen and oxygen atoms in total. The van der Waals surface area contributed by atoms with Gasteiger partial charge >= 0.3 is 0 Å². The molecule has 79 heavy (non-hydrogen) atoms. The second kappa shape index (κ2) is 30.7. The topological polar surface area (TPSA) is 235 Å². The van der Waals surface area contributed by atoms with Gasteiger partial charge in [0.1, 0.15) is 24.2 Å². The van der Waals surface area contributed by atoms with Crippen LogP contribution in [0.25, 0.3) is 0 Å². The minimum Gasteiger partial charge on any atom is -0.393 e. The average Bonchev–Trinajstić information content (AvgIpc) is 3.39. The quantitative estimate of drug-likeness (QED) is 0.304. The number of hydrogen-bond acceptors (Lipinski definition) is 12. The SMILES string of the molecule is CC[C@H](C)C1C(=O)C[C@H](C(=O)N2CCCCC2)CC(=O)N(C)CC(=O)N(C)CC(=O)C[C@@H]([C@@H](C)O)C(=O)N(C)[C@@H](Cc2ccccc2)C(=O)N(C)[C@@H](CC(C)C)C(=O)N[C@@H](COC(C)(C)C)C(=O)N(C)[C@@H](CC(C)C)C(=O)N1C. The second-order valence-electron chi connectivity index (χ2n) is 24.2. The van der Waals surface area contributed by atoms with Gasteiger partial charge in [-0.2, -0.15) is 0 Å². The molecule has 0 aliphatic carbocycles. The molecule has 0 radical (unpaired) electrons. The summed E-state index contributed by atoms with van der Waals surface area (Å²) in [6.45, 7) is 17.5. The highest BCUT2D eigenvalue weighted by Crippen LogP contribution is 2.27. The van der Waals surface area contributed by atoms with E-state index in [0.717, 1.165) is 29.1 Å². The summed E-state index contributed by atoms with van der Waals surface area (Å²) < 4.78 is 6.17. The van der Waals surface area contributed by atoms with E-state index < -0.39 is 145 Å². The van der Waals surface area contributed by atoms with Gasteiger partial charge in [-0.1, -0.05) is 78.3 Å². The third-order valence-corrected chi connectivity index (χ3v) is 15.4. The van der Waals surface area contributed by atoms with Crippen molar-refractivity contribution in [2.24, 2.45) is 29.6 Å². The van der Waals surface area contributed by atoms with Crippen molar-refractivity contribution in [3.05, 3.63) is 35.9 Å². The number of likely N-dealkylation sites (tertiary alicyclic amines) is 1. The summed E-state index contributed by atoms with van der Waals surface area (Å²) in [4.78, 5) is 155. The molecule has 2 saturated heterocycles. The molecule has 2 aliphatic rings. The molecule has 0 aromatic heterocycles. The minimum atomic E-state index is -1.39. The van der Waals surface area contributed by atoms with Gasteiger partial charge in [-0.3, -0.25) is 47.9 Å². The molecule has 2 aliphatic heterocycles. The van der Waals surface area contributed by atoms with E-state index in [2.05, 4.69) is 5.32 Å². The number of amides is 8. The highest BCUT2D eigenvalue weighted by atomic mass is 16.5. The lowest BCUT2D eigenvalue weighted by Gasteiger charge is -2.39. The zero-order valence-corrected chi connectivity index (χ0v) is 50.4. The van der Waals surface area contributed by atoms with E-state index in [-0.39, 0.29) is 43.6 Å². The van der Waals surface area contributed by atoms with Crippen molar-refractivity contribution in [1.29, 1.82) is 0 Å². The maximum Gasteiger partial charge on any atom is 0.247 e. The summed E-state index contributed by atoms with van der Waals surface area (Å²) in [5.74, 6) is -9.26. The van der Waals surface area contributed by atoms with Crippen LogP contribution in [0.3, 0.4) is 0 Å². The van der Waals surface area contributed by atoms with Crippen LogP contribution in [0.4, 0.5) is 0 Å². The number of carbonyl (C=O) groups excluding carboxylic acids is 10. The molecule has 0 spiro atoms. The van der Waals surface area contributed by atoms with Crippen LogP contribution in [0.2, 0.25) is 0 Å². The van der Waals surface area contributed by atoms with E-state index >= 15 is 14.4 Å². The summed E-state index contributed by atoms with van der Waals surface area (Å²) in [6.07, 6.45) is 0.392. The summed E-state index contributed by atoms with van der Waals surface area (Å²) in [5.41, 5.74) is -0.122. The van der Waals surface area contributed by atoms with E-state index in [1.54, 1.807) is 56.0 Å². The normalized spacial score (nSPS) is 25.5. The van der Waals surface area contributed by atoms with Crippen molar-refractivity contribution >= 4 is 58.8 Å². The van der Waals surface area contributed by atoms with Crippen molar-refractivity contribution in [3.8, 4) is 0 Å². The molecule has 8 amide bonds. The lowest BCUT2D eigenvalue weighted by atomic mass is 9.86. The van der Waals surface area contributed by atoms with Crippen LogP contribution in [0.5, 0.6) is 0 Å². The molecule has 2 N–H and O–H groups in total. The number of carbonyl (C=O) groups is 10. The Morgan fingerprint density at radius 1 is 0.658 bits per heavy atom. The first-order chi connectivity index (χ1) is 36.8. The Balaban J connectivity index is 2.31. The summed E-state index contributed by atoms with van der Waals surface area (Å²) in [5, 5.41) is 14.0. The van der Waals surface area contributed by atoms with Crippen LogP contribution in [0, 0.1) is 29.6 Å². The largest absolute Gasteiger partial charge is 0.393 e. The van der Waals surface area contributed by atoms with Crippen LogP contribution in [-0.2, 0) is 59.1 Å². The number of benzene rings is 1. The van der Waals surface area contributed by atoms with Gasteiger partial charge in [-0.05, 0) is 83.1 Å². The van der Waals surface area contributed by atoms with Crippen LogP contribution in [0.15, 0.2) is 30.3 Å². The number of aliphatic hydroxyl groups is 1. The molecule has 1 aromatic rings. The number of ether oxygens (including phenoxy) is 1. The fourth-order valence-electron chi connectivity index (χ4n) is 10.4. The Morgan fingerprint density at radius 2 is 1.19 bits per heavy atom. The Morgan fingerprint density at radius 3 is 1.73 bits per heavy atom. The number of nitrogens with one attached hydrogen (secondary N) is 1. The van der Waals surface area contributed by atoms with Gasteiger partial charge in [-0.15, -0.1) is 0 Å². The molecular formula is C59H96N8O12. The first kappa shape index (κ1) is 67.5. The van der Waals surface area contributed by atoms with Gasteiger partial charge in [0.15, 0.2) is 11.6 Å². The molecule has 1 unspecified atom stereocenters. The van der Waals surface area contributed by atoms with Crippen molar-refractivity contribution in [1.82, 2.24) is 39.6 Å². The van der Waals surface area contributed by atoms with Crippen molar-refractivity contribution in [2.75, 3.05) is 75.1 Å². The fourth-order valence-corrected chi connectivity index (χ4v) is 10.4. The maximum absolute atomic E-state index is 15.1. The van der Waals surface area contributed by atoms with Crippen LogP contribution >= 0.6 is 0 Å². The van der Waals surface area contributed by atoms with Gasteiger partial charge in [0.2, 0.25) is 47.3 Å². The molecule has 3 rings (SSSR count). The monoisotopic (exact) mass is 1110 g/mol. The molecule has 2 heterocycles. The standard InChI is InChI=1S/C59H96N8O12/c1-17-39(6)52-49(70)31-42(54(74)67-26-22-19-23-27-67)32-50(71)62(12)35-51(72)61(11)34-43(69)33-44(40(7)68)55(75)64(14)48(30-41-24-20-18-21-25-41)57(77)63(13)46(28-37(2)3)53(73)60-45(36-79-59(8,9)10)56(76)65(15)47(29-38(4)5)58(78)66(52)16/h18,20-21,24-25,37-40,42,44-48,52,68H,17,19,22-23,26-36H2,1-16H3,(H,60,73)/t39-,40+,42-,44-,45-,46-,47-,48-,52?/m0/s1. The lowest BCUT2D eigenvalue weighted by Crippen LogP contribution is -2.61. The van der Waals surface area contributed by atoms with E-state index in [0.29, 0.717) is 25.1 Å². The predicted octanol–water partition coefficient (Wildman–Crippen LogP) is 3.84. The Kier molecular flexibility index (Phi) is 26.3. The average molecular weight is 1110 g/mol. The zero-order chi connectivity index (χ0) is 59.8. The minimum absolute atomic E-state index is 0.0199. The van der Waals surface area contributed by atoms with Crippen LogP contribution in [-0.4, -0.2) is 215 Å². The van der Waals surface area contributed by atoms with Crippen LogP contribution in [0.1, 0.15) is 133 Å². The van der Waals surface area contributed by atoms with Gasteiger partial charge in [0.05, 0.1) is 49.3 Å². The fraction of sp³-hybridized carbons (Fsp3) is 0.729. The number of likely N-dealkylation sites (N-methyl/N-ethyl adjacent to an activating group) is 6. The van der Waals surface area contributed by atoms with Crippen molar-refractivity contribution < 1.29 is 57.8 Å². The first-order valence-electron chi connectivity index (χ1n) is 28.4. The number of nitrogens with zero attached hydrogens (tertiary/aromatic N) is 7. The summed E-state index contributed by atoms with van der Waals surface area (Å²) in [6, 6.07) is 2.81. The number of hydrogen-bond donors (Lipinski definition) is 2. The third-order valence-electron chi connectivity index (χ3n) is 15.4. The number of piperidine rings is 1. The van der Waals surface area contributed by atoms with Gasteiger partial charge in [0, 0.05) is 81.1 Å². The van der Waals surface area contributed by atoms with E-state index in [1.165, 1.54) is 68.8 Å². The molecular weight excluding hydrogens is 1010 g/mol. The van der Waals surface area contributed by atoms with Gasteiger partial charge < -0.3 is 49.5 Å². The zero-order valence-electron chi connectivity index (χ0n) is 50.4. The molecule has 1 aromatic carbocycles. The third kappa shape index (κ3) is 19.8. The summed E-state index contributed by atoms with van der Waals surface area (Å²) >= 11 is 0. The van der Waals surface area contributed by atoms with E-state index in [9.17, 15) is 38.7 Å². The number of Topliss-reactive ketones (excluding diaryl/α,β-unsaturated/α-hetero) is 2. The Bertz CT molecular complexity index is 2260.